The number of fused-ring (bicyclic) bond motifs is 1. The number of rotatable bonds is 3. The molecule has 1 N–H and O–H groups in total. The highest BCUT2D eigenvalue weighted by molar-refractivity contribution is 6.02. The Labute approximate surface area is 149 Å². The fraction of sp³-hybridized carbons (Fsp3) is 0.600. The minimum absolute atomic E-state index is 0.00301. The van der Waals surface area contributed by atoms with Gasteiger partial charge in [-0.1, -0.05) is 46.1 Å². The van der Waals surface area contributed by atoms with Crippen molar-refractivity contribution < 1.29 is 14.3 Å². The summed E-state index contributed by atoms with van der Waals surface area (Å²) in [5.41, 5.74) is 1.83. The van der Waals surface area contributed by atoms with Gasteiger partial charge in [0, 0.05) is 6.04 Å². The Bertz CT molecular complexity index is 657. The highest BCUT2D eigenvalue weighted by Gasteiger charge is 2.29. The zero-order valence-electron chi connectivity index (χ0n) is 15.4. The maximum Gasteiger partial charge on any atom is 0.265 e. The zero-order valence-corrected chi connectivity index (χ0v) is 15.4. The van der Waals surface area contributed by atoms with E-state index in [0.717, 1.165) is 18.4 Å². The topological polar surface area (TPSA) is 58.6 Å². The van der Waals surface area contributed by atoms with Crippen molar-refractivity contribution in [3.8, 4) is 5.75 Å². The van der Waals surface area contributed by atoms with Gasteiger partial charge in [0.25, 0.3) is 5.91 Å². The van der Waals surface area contributed by atoms with Crippen LogP contribution in [0.1, 0.15) is 58.4 Å². The SMILES string of the molecule is CC(C)(C)c1ccc2c(c1)OCC(=O)N2CC(=O)NC1CCCCC1. The number of benzene rings is 1. The Morgan fingerprint density at radius 3 is 2.64 bits per heavy atom. The number of amides is 2. The number of ether oxygens (including phenoxy) is 1. The van der Waals surface area contributed by atoms with Crippen LogP contribution in [0, 0.1) is 0 Å². The summed E-state index contributed by atoms with van der Waals surface area (Å²) >= 11 is 0. The highest BCUT2D eigenvalue weighted by Crippen LogP contribution is 2.36. The average molecular weight is 344 g/mol. The monoisotopic (exact) mass is 344 g/mol. The maximum atomic E-state index is 12.4. The Morgan fingerprint density at radius 2 is 1.96 bits per heavy atom. The number of carbonyl (C=O) groups is 2. The van der Waals surface area contributed by atoms with Gasteiger partial charge in [-0.3, -0.25) is 14.5 Å². The number of nitrogens with zero attached hydrogens (tertiary/aromatic N) is 1. The highest BCUT2D eigenvalue weighted by atomic mass is 16.5. The van der Waals surface area contributed by atoms with Crippen molar-refractivity contribution in [1.82, 2.24) is 5.32 Å². The van der Waals surface area contributed by atoms with Crippen molar-refractivity contribution in [1.29, 1.82) is 0 Å². The van der Waals surface area contributed by atoms with Crippen molar-refractivity contribution in [3.05, 3.63) is 23.8 Å². The van der Waals surface area contributed by atoms with E-state index in [-0.39, 0.29) is 36.4 Å². The second-order valence-electron chi connectivity index (χ2n) is 8.10. The Hall–Kier alpha value is -2.04. The standard InChI is InChI=1S/C20H28N2O3/c1-20(2,3)14-9-10-16-17(11-14)25-13-19(24)22(16)12-18(23)21-15-7-5-4-6-8-15/h9-11,15H,4-8,12-13H2,1-3H3,(H,21,23). The zero-order chi connectivity index (χ0) is 18.0. The lowest BCUT2D eigenvalue weighted by atomic mass is 9.86. The fourth-order valence-corrected chi connectivity index (χ4v) is 3.51. The normalized spacial score (nSPS) is 18.5. The molecule has 1 aromatic carbocycles. The first-order chi connectivity index (χ1) is 11.8. The van der Waals surface area contributed by atoms with Crippen LogP contribution >= 0.6 is 0 Å². The van der Waals surface area contributed by atoms with Gasteiger partial charge in [-0.05, 0) is 36.0 Å². The summed E-state index contributed by atoms with van der Waals surface area (Å²) in [7, 11) is 0. The van der Waals surface area contributed by atoms with E-state index < -0.39 is 0 Å². The smallest absolute Gasteiger partial charge is 0.265 e. The van der Waals surface area contributed by atoms with Crippen LogP contribution in [0.3, 0.4) is 0 Å². The second kappa shape index (κ2) is 7.06. The molecule has 3 rings (SSSR count). The Kier molecular flexibility index (Phi) is 5.02. The third kappa shape index (κ3) is 4.14. The van der Waals surface area contributed by atoms with E-state index in [1.165, 1.54) is 19.3 Å². The third-order valence-corrected chi connectivity index (χ3v) is 5.04. The molecule has 0 atom stereocenters. The van der Waals surface area contributed by atoms with Gasteiger partial charge in [0.15, 0.2) is 6.61 Å². The molecule has 0 saturated heterocycles. The number of carbonyl (C=O) groups excluding carboxylic acids is 2. The molecular weight excluding hydrogens is 316 g/mol. The predicted octanol–water partition coefficient (Wildman–Crippen LogP) is 3.16. The summed E-state index contributed by atoms with van der Waals surface area (Å²) in [5.74, 6) is 0.417. The summed E-state index contributed by atoms with van der Waals surface area (Å²) in [4.78, 5) is 26.2. The molecule has 2 amide bonds. The van der Waals surface area contributed by atoms with Crippen molar-refractivity contribution >= 4 is 17.5 Å². The minimum atomic E-state index is -0.171. The van der Waals surface area contributed by atoms with Crippen LogP contribution in [0.5, 0.6) is 5.75 Å². The van der Waals surface area contributed by atoms with E-state index in [1.807, 2.05) is 18.2 Å². The van der Waals surface area contributed by atoms with Crippen LogP contribution in [-0.2, 0) is 15.0 Å². The van der Waals surface area contributed by atoms with Crippen LogP contribution < -0.4 is 15.0 Å². The van der Waals surface area contributed by atoms with Gasteiger partial charge in [0.05, 0.1) is 5.69 Å². The molecule has 0 unspecified atom stereocenters. The number of hydrogen-bond acceptors (Lipinski definition) is 3. The van der Waals surface area contributed by atoms with Gasteiger partial charge in [0.1, 0.15) is 12.3 Å². The van der Waals surface area contributed by atoms with E-state index in [1.54, 1.807) is 4.90 Å². The minimum Gasteiger partial charge on any atom is -0.482 e. The summed E-state index contributed by atoms with van der Waals surface area (Å²) in [6, 6.07) is 6.13. The first-order valence-corrected chi connectivity index (χ1v) is 9.21. The molecule has 1 heterocycles. The molecule has 0 aromatic heterocycles. The van der Waals surface area contributed by atoms with Crippen molar-refractivity contribution in [2.24, 2.45) is 0 Å². The lowest BCUT2D eigenvalue weighted by molar-refractivity contribution is -0.125. The Morgan fingerprint density at radius 1 is 1.24 bits per heavy atom. The van der Waals surface area contributed by atoms with Crippen molar-refractivity contribution in [3.63, 3.8) is 0 Å². The van der Waals surface area contributed by atoms with Crippen LogP contribution in [0.4, 0.5) is 5.69 Å². The largest absolute Gasteiger partial charge is 0.482 e. The predicted molar refractivity (Wildman–Crippen MR) is 98.0 cm³/mol. The third-order valence-electron chi connectivity index (χ3n) is 5.04. The van der Waals surface area contributed by atoms with Crippen molar-refractivity contribution in [2.45, 2.75) is 64.3 Å². The summed E-state index contributed by atoms with van der Waals surface area (Å²) in [5, 5.41) is 3.08. The van der Waals surface area contributed by atoms with Gasteiger partial charge < -0.3 is 10.1 Å². The lowest BCUT2D eigenvalue weighted by Gasteiger charge is -2.31. The molecule has 1 aromatic rings. The molecular formula is C20H28N2O3. The molecule has 25 heavy (non-hydrogen) atoms. The maximum absolute atomic E-state index is 12.4. The second-order valence-corrected chi connectivity index (χ2v) is 8.10. The first kappa shape index (κ1) is 17.8. The molecule has 0 radical (unpaired) electrons. The number of nitrogens with one attached hydrogen (secondary N) is 1. The quantitative estimate of drug-likeness (QED) is 0.916. The molecule has 1 aliphatic carbocycles. The van der Waals surface area contributed by atoms with Crippen LogP contribution in [-0.4, -0.2) is 31.0 Å². The van der Waals surface area contributed by atoms with E-state index >= 15 is 0 Å². The van der Waals surface area contributed by atoms with E-state index in [4.69, 9.17) is 4.74 Å². The molecule has 5 nitrogen and oxygen atoms in total. The van der Waals surface area contributed by atoms with E-state index in [0.29, 0.717) is 11.4 Å². The summed E-state index contributed by atoms with van der Waals surface area (Å²) in [6.07, 6.45) is 5.65. The van der Waals surface area contributed by atoms with Crippen molar-refractivity contribution in [2.75, 3.05) is 18.1 Å². The molecule has 0 spiro atoms. The summed E-state index contributed by atoms with van der Waals surface area (Å²) in [6.45, 7) is 6.45. The van der Waals surface area contributed by atoms with E-state index in [9.17, 15) is 9.59 Å². The molecule has 1 fully saturated rings. The summed E-state index contributed by atoms with van der Waals surface area (Å²) < 4.78 is 5.61. The van der Waals surface area contributed by atoms with Gasteiger partial charge in [0.2, 0.25) is 5.91 Å². The van der Waals surface area contributed by atoms with Gasteiger partial charge in [-0.2, -0.15) is 0 Å². The molecule has 136 valence electrons. The first-order valence-electron chi connectivity index (χ1n) is 9.21. The molecule has 5 heteroatoms. The van der Waals surface area contributed by atoms with Gasteiger partial charge in [-0.15, -0.1) is 0 Å². The molecule has 2 aliphatic rings. The van der Waals surface area contributed by atoms with Gasteiger partial charge >= 0.3 is 0 Å². The average Bonchev–Trinajstić information content (AvgIpc) is 2.57. The number of anilines is 1. The van der Waals surface area contributed by atoms with Gasteiger partial charge in [-0.25, -0.2) is 0 Å². The molecule has 1 aliphatic heterocycles. The Balaban J connectivity index is 1.73. The van der Waals surface area contributed by atoms with E-state index in [2.05, 4.69) is 26.1 Å². The van der Waals surface area contributed by atoms with Crippen LogP contribution in [0.25, 0.3) is 0 Å². The van der Waals surface area contributed by atoms with Crippen LogP contribution in [0.15, 0.2) is 18.2 Å². The number of hydrogen-bond donors (Lipinski definition) is 1. The lowest BCUT2D eigenvalue weighted by Crippen LogP contribution is -2.47. The van der Waals surface area contributed by atoms with Crippen LogP contribution in [0.2, 0.25) is 0 Å². The molecule has 1 saturated carbocycles. The molecule has 0 bridgehead atoms. The fourth-order valence-electron chi connectivity index (χ4n) is 3.51.